The lowest BCUT2D eigenvalue weighted by atomic mass is 10.2. The number of hydrogen-bond donors (Lipinski definition) is 1. The molecule has 0 aliphatic heterocycles. The van der Waals surface area contributed by atoms with Gasteiger partial charge in [0.05, 0.1) is 15.9 Å². The Hall–Kier alpha value is -2.89. The second kappa shape index (κ2) is 7.34. The molecular formula is C17H14N2O4S2. The van der Waals surface area contributed by atoms with Gasteiger partial charge in [-0.25, -0.2) is 16.8 Å². The highest BCUT2D eigenvalue weighted by Gasteiger charge is 2.15. The number of sulfonamides is 1. The summed E-state index contributed by atoms with van der Waals surface area (Å²) < 4.78 is 50.8. The maximum Gasteiger partial charge on any atom is 0.261 e. The smallest absolute Gasteiger partial charge is 0.261 e. The zero-order chi connectivity index (χ0) is 18.5. The molecule has 0 unspecified atom stereocenters. The van der Waals surface area contributed by atoms with Gasteiger partial charge in [0.2, 0.25) is 9.84 Å². The second-order valence-electron chi connectivity index (χ2n) is 4.88. The first-order chi connectivity index (χ1) is 11.8. The molecule has 0 aliphatic rings. The third-order valence-corrected chi connectivity index (χ3v) is 6.00. The van der Waals surface area contributed by atoms with Gasteiger partial charge in [-0.2, -0.15) is 5.26 Å². The molecular weight excluding hydrogens is 360 g/mol. The van der Waals surface area contributed by atoms with Gasteiger partial charge < -0.3 is 0 Å². The molecule has 25 heavy (non-hydrogen) atoms. The van der Waals surface area contributed by atoms with E-state index in [4.69, 9.17) is 5.26 Å². The van der Waals surface area contributed by atoms with E-state index in [1.807, 2.05) is 0 Å². The largest absolute Gasteiger partial charge is 0.280 e. The van der Waals surface area contributed by atoms with Crippen LogP contribution in [0.1, 0.15) is 5.56 Å². The Kier molecular flexibility index (Phi) is 5.41. The SMILES string of the molecule is C=Cc1ccc(S(=O)(=O)Nc2ccc(S(=O)(=O)/C=C/C#N)cc2)cc1. The van der Waals surface area contributed by atoms with Crippen molar-refractivity contribution in [1.82, 2.24) is 0 Å². The van der Waals surface area contributed by atoms with E-state index in [2.05, 4.69) is 11.3 Å². The van der Waals surface area contributed by atoms with Crippen LogP contribution in [0.15, 0.2) is 76.4 Å². The second-order valence-corrected chi connectivity index (χ2v) is 8.40. The van der Waals surface area contributed by atoms with Crippen LogP contribution in [-0.4, -0.2) is 16.8 Å². The van der Waals surface area contributed by atoms with Gasteiger partial charge in [-0.15, -0.1) is 0 Å². The van der Waals surface area contributed by atoms with E-state index < -0.39 is 19.9 Å². The molecule has 0 fully saturated rings. The highest BCUT2D eigenvalue weighted by Crippen LogP contribution is 2.20. The first-order valence-corrected chi connectivity index (χ1v) is 9.98. The van der Waals surface area contributed by atoms with Crippen LogP contribution in [0.3, 0.4) is 0 Å². The molecule has 2 aromatic carbocycles. The van der Waals surface area contributed by atoms with Gasteiger partial charge in [0.25, 0.3) is 10.0 Å². The summed E-state index contributed by atoms with van der Waals surface area (Å²) in [6, 6.07) is 12.9. The summed E-state index contributed by atoms with van der Waals surface area (Å²) in [5.41, 5.74) is 1.01. The third-order valence-electron chi connectivity index (χ3n) is 3.18. The molecule has 0 radical (unpaired) electrons. The Morgan fingerprint density at radius 2 is 1.48 bits per heavy atom. The maximum atomic E-state index is 12.3. The number of nitrogens with zero attached hydrogens (tertiary/aromatic N) is 1. The number of hydrogen-bond acceptors (Lipinski definition) is 5. The Labute approximate surface area is 146 Å². The van der Waals surface area contributed by atoms with Gasteiger partial charge in [-0.05, 0) is 42.0 Å². The summed E-state index contributed by atoms with van der Waals surface area (Å²) in [5, 5.41) is 9.19. The topological polar surface area (TPSA) is 104 Å². The lowest BCUT2D eigenvalue weighted by molar-refractivity contribution is 0.601. The number of anilines is 1. The summed E-state index contributed by atoms with van der Waals surface area (Å²) in [7, 11) is -7.52. The van der Waals surface area contributed by atoms with Crippen LogP contribution in [0.5, 0.6) is 0 Å². The molecule has 0 spiro atoms. The Balaban J connectivity index is 2.24. The fraction of sp³-hybridized carbons (Fsp3) is 0. The van der Waals surface area contributed by atoms with Crippen LogP contribution < -0.4 is 4.72 Å². The molecule has 0 aromatic heterocycles. The monoisotopic (exact) mass is 374 g/mol. The number of allylic oxidation sites excluding steroid dienone is 1. The normalized spacial score (nSPS) is 11.8. The first-order valence-electron chi connectivity index (χ1n) is 6.95. The molecule has 0 aliphatic carbocycles. The lowest BCUT2D eigenvalue weighted by Gasteiger charge is -2.09. The van der Waals surface area contributed by atoms with Gasteiger partial charge in [-0.3, -0.25) is 4.72 Å². The standard InChI is InChI=1S/C17H14N2O4S2/c1-2-14-4-8-17(9-5-14)25(22,23)19-15-6-10-16(11-7-15)24(20,21)13-3-12-18/h2-11,13,19H,1H2/b13-3+. The number of nitriles is 1. The highest BCUT2D eigenvalue weighted by molar-refractivity contribution is 7.94. The number of rotatable bonds is 6. The maximum absolute atomic E-state index is 12.3. The highest BCUT2D eigenvalue weighted by atomic mass is 32.2. The first kappa shape index (κ1) is 18.4. The molecule has 0 amide bonds. The Bertz CT molecular complexity index is 1050. The molecule has 0 heterocycles. The van der Waals surface area contributed by atoms with Crippen LogP contribution in [0, 0.1) is 11.3 Å². The average Bonchev–Trinajstić information content (AvgIpc) is 2.60. The average molecular weight is 374 g/mol. The van der Waals surface area contributed by atoms with Gasteiger partial charge in [-0.1, -0.05) is 24.8 Å². The molecule has 2 rings (SSSR count). The number of nitrogens with one attached hydrogen (secondary N) is 1. The molecule has 6 nitrogen and oxygen atoms in total. The summed E-state index contributed by atoms with van der Waals surface area (Å²) in [4.78, 5) is 0.0315. The van der Waals surface area contributed by atoms with E-state index in [0.29, 0.717) is 0 Å². The summed E-state index contributed by atoms with van der Waals surface area (Å²) in [6.07, 6.45) is 2.46. The minimum Gasteiger partial charge on any atom is -0.280 e. The quantitative estimate of drug-likeness (QED) is 0.783. The zero-order valence-corrected chi connectivity index (χ0v) is 14.6. The molecule has 0 saturated heterocycles. The Morgan fingerprint density at radius 3 is 2.00 bits per heavy atom. The van der Waals surface area contributed by atoms with Gasteiger partial charge in [0.15, 0.2) is 0 Å². The minimum atomic E-state index is -3.79. The van der Waals surface area contributed by atoms with Crippen molar-refractivity contribution in [2.75, 3.05) is 4.72 Å². The van der Waals surface area contributed by atoms with Gasteiger partial charge in [0, 0.05) is 17.2 Å². The van der Waals surface area contributed by atoms with Crippen LogP contribution in [0.2, 0.25) is 0 Å². The Morgan fingerprint density at radius 1 is 0.920 bits per heavy atom. The van der Waals surface area contributed by atoms with Crippen molar-refractivity contribution < 1.29 is 16.8 Å². The van der Waals surface area contributed by atoms with Crippen molar-refractivity contribution >= 4 is 31.6 Å². The van der Waals surface area contributed by atoms with E-state index >= 15 is 0 Å². The van der Waals surface area contributed by atoms with Crippen molar-refractivity contribution in [2.24, 2.45) is 0 Å². The van der Waals surface area contributed by atoms with Crippen molar-refractivity contribution in [3.8, 4) is 6.07 Å². The zero-order valence-electron chi connectivity index (χ0n) is 13.0. The van der Waals surface area contributed by atoms with E-state index in [1.54, 1.807) is 24.3 Å². The predicted octanol–water partition coefficient (Wildman–Crippen LogP) is 2.94. The van der Waals surface area contributed by atoms with E-state index in [0.717, 1.165) is 17.0 Å². The minimum absolute atomic E-state index is 0.0442. The fourth-order valence-corrected chi connectivity index (χ4v) is 3.88. The van der Waals surface area contributed by atoms with Crippen molar-refractivity contribution in [3.63, 3.8) is 0 Å². The predicted molar refractivity (Wildman–Crippen MR) is 95.7 cm³/mol. The fourth-order valence-electron chi connectivity index (χ4n) is 1.91. The van der Waals surface area contributed by atoms with Crippen molar-refractivity contribution in [1.29, 1.82) is 5.26 Å². The summed E-state index contributed by atoms with van der Waals surface area (Å²) in [5.74, 6) is 0. The molecule has 0 bridgehead atoms. The summed E-state index contributed by atoms with van der Waals surface area (Å²) in [6.45, 7) is 3.60. The van der Waals surface area contributed by atoms with Crippen molar-refractivity contribution in [2.45, 2.75) is 9.79 Å². The molecule has 0 atom stereocenters. The third kappa shape index (κ3) is 4.56. The molecule has 1 N–H and O–H groups in total. The lowest BCUT2D eigenvalue weighted by Crippen LogP contribution is -2.13. The van der Waals surface area contributed by atoms with Crippen LogP contribution in [0.4, 0.5) is 5.69 Å². The van der Waals surface area contributed by atoms with E-state index in [-0.39, 0.29) is 15.5 Å². The van der Waals surface area contributed by atoms with Gasteiger partial charge in [0.1, 0.15) is 0 Å². The van der Waals surface area contributed by atoms with Crippen molar-refractivity contribution in [3.05, 3.63) is 72.2 Å². The van der Waals surface area contributed by atoms with Gasteiger partial charge >= 0.3 is 0 Å². The number of benzene rings is 2. The molecule has 8 heteroatoms. The molecule has 0 saturated carbocycles. The van der Waals surface area contributed by atoms with Crippen LogP contribution >= 0.6 is 0 Å². The molecule has 2 aromatic rings. The number of sulfone groups is 1. The van der Waals surface area contributed by atoms with Crippen LogP contribution in [-0.2, 0) is 19.9 Å². The van der Waals surface area contributed by atoms with Crippen LogP contribution in [0.25, 0.3) is 6.08 Å². The summed E-state index contributed by atoms with van der Waals surface area (Å²) >= 11 is 0. The molecule has 128 valence electrons. The van der Waals surface area contributed by atoms with E-state index in [1.165, 1.54) is 36.4 Å². The van der Waals surface area contributed by atoms with E-state index in [9.17, 15) is 16.8 Å².